The second-order valence-electron chi connectivity index (χ2n) is 6.57. The molecule has 29 heavy (non-hydrogen) atoms. The van der Waals surface area contributed by atoms with Crippen molar-refractivity contribution in [3.63, 3.8) is 0 Å². The van der Waals surface area contributed by atoms with Gasteiger partial charge in [-0.3, -0.25) is 19.6 Å². The number of hydrogen-bond donors (Lipinski definition) is 2. The van der Waals surface area contributed by atoms with E-state index in [-0.39, 0.29) is 11.6 Å². The van der Waals surface area contributed by atoms with Crippen LogP contribution < -0.4 is 11.1 Å². The summed E-state index contributed by atoms with van der Waals surface area (Å²) in [6.07, 6.45) is 1.77. The molecule has 0 atom stereocenters. The number of nitrogens with two attached hydrogens (primary N) is 1. The molecule has 0 bridgehead atoms. The van der Waals surface area contributed by atoms with Gasteiger partial charge in [0.1, 0.15) is 0 Å². The van der Waals surface area contributed by atoms with Gasteiger partial charge in [0.25, 0.3) is 11.6 Å². The molecule has 0 aliphatic carbocycles. The summed E-state index contributed by atoms with van der Waals surface area (Å²) in [4.78, 5) is 22.9. The number of nitrogens with zero attached hydrogens (tertiary/aromatic N) is 3. The van der Waals surface area contributed by atoms with Crippen LogP contribution in [-0.4, -0.2) is 20.6 Å². The van der Waals surface area contributed by atoms with Gasteiger partial charge in [-0.2, -0.15) is 5.10 Å². The van der Waals surface area contributed by atoms with E-state index in [0.29, 0.717) is 34.4 Å². The van der Waals surface area contributed by atoms with Crippen LogP contribution in [0.5, 0.6) is 0 Å². The summed E-state index contributed by atoms with van der Waals surface area (Å²) >= 11 is 0. The molecule has 0 spiro atoms. The van der Waals surface area contributed by atoms with Crippen LogP contribution in [0, 0.1) is 10.1 Å². The first-order valence-corrected chi connectivity index (χ1v) is 8.86. The Morgan fingerprint density at radius 2 is 1.86 bits per heavy atom. The van der Waals surface area contributed by atoms with Crippen LogP contribution in [-0.2, 0) is 6.54 Å². The van der Waals surface area contributed by atoms with Crippen molar-refractivity contribution < 1.29 is 9.72 Å². The number of amides is 1. The van der Waals surface area contributed by atoms with E-state index in [9.17, 15) is 14.9 Å². The van der Waals surface area contributed by atoms with Crippen molar-refractivity contribution in [3.05, 3.63) is 94.2 Å². The van der Waals surface area contributed by atoms with Gasteiger partial charge in [0.15, 0.2) is 0 Å². The zero-order chi connectivity index (χ0) is 20.4. The van der Waals surface area contributed by atoms with E-state index < -0.39 is 4.92 Å². The molecule has 8 nitrogen and oxygen atoms in total. The number of non-ortho nitro benzene ring substituents is 1. The van der Waals surface area contributed by atoms with Crippen LogP contribution in [0.3, 0.4) is 0 Å². The first-order chi connectivity index (χ1) is 14.0. The van der Waals surface area contributed by atoms with Crippen LogP contribution >= 0.6 is 0 Å². The van der Waals surface area contributed by atoms with Crippen LogP contribution in [0.15, 0.2) is 72.9 Å². The van der Waals surface area contributed by atoms with E-state index >= 15 is 0 Å². The quantitative estimate of drug-likeness (QED) is 0.307. The number of nitrogen functional groups attached to an aromatic ring is 1. The maximum atomic E-state index is 12.4. The average Bonchev–Trinajstić information content (AvgIpc) is 3.11. The summed E-state index contributed by atoms with van der Waals surface area (Å²) in [7, 11) is 0. The lowest BCUT2D eigenvalue weighted by atomic mass is 10.1. The number of hydrogen-bond acceptors (Lipinski definition) is 5. The van der Waals surface area contributed by atoms with Gasteiger partial charge in [0.2, 0.25) is 0 Å². The summed E-state index contributed by atoms with van der Waals surface area (Å²) in [6, 6.07) is 18.8. The lowest BCUT2D eigenvalue weighted by molar-refractivity contribution is -0.384. The molecular formula is C21H17N5O3. The molecule has 1 amide bonds. The van der Waals surface area contributed by atoms with Gasteiger partial charge < -0.3 is 11.1 Å². The van der Waals surface area contributed by atoms with Crippen LogP contribution in [0.4, 0.5) is 17.1 Å². The predicted molar refractivity (Wildman–Crippen MR) is 111 cm³/mol. The van der Waals surface area contributed by atoms with E-state index in [4.69, 9.17) is 5.73 Å². The van der Waals surface area contributed by atoms with Crippen molar-refractivity contribution in [2.24, 2.45) is 0 Å². The number of anilines is 2. The Labute approximate surface area is 165 Å². The van der Waals surface area contributed by atoms with Crippen molar-refractivity contribution in [1.82, 2.24) is 9.78 Å². The predicted octanol–water partition coefficient (Wildman–Crippen LogP) is 3.83. The minimum Gasteiger partial charge on any atom is -0.397 e. The first-order valence-electron chi connectivity index (χ1n) is 8.86. The smallest absolute Gasteiger partial charge is 0.270 e. The number of fused-ring (bicyclic) bond motifs is 1. The highest BCUT2D eigenvalue weighted by molar-refractivity contribution is 6.05. The molecule has 4 aromatic rings. The lowest BCUT2D eigenvalue weighted by Gasteiger charge is -2.08. The van der Waals surface area contributed by atoms with Gasteiger partial charge >= 0.3 is 0 Å². The molecule has 144 valence electrons. The molecule has 0 saturated carbocycles. The Bertz CT molecular complexity index is 1210. The molecule has 1 heterocycles. The molecule has 0 fully saturated rings. The molecule has 1 aromatic heterocycles. The maximum Gasteiger partial charge on any atom is 0.270 e. The van der Waals surface area contributed by atoms with Crippen LogP contribution in [0.1, 0.15) is 15.9 Å². The van der Waals surface area contributed by atoms with Crippen molar-refractivity contribution in [2.75, 3.05) is 11.1 Å². The molecule has 0 aliphatic heterocycles. The number of para-hydroxylation sites is 2. The van der Waals surface area contributed by atoms with E-state index in [1.165, 1.54) is 12.1 Å². The Hall–Kier alpha value is -4.20. The largest absolute Gasteiger partial charge is 0.397 e. The minimum atomic E-state index is -0.427. The van der Waals surface area contributed by atoms with Gasteiger partial charge in [0.05, 0.1) is 28.4 Å². The van der Waals surface area contributed by atoms with E-state index in [1.807, 2.05) is 12.1 Å². The summed E-state index contributed by atoms with van der Waals surface area (Å²) in [5.41, 5.74) is 9.11. The Morgan fingerprint density at radius 3 is 2.59 bits per heavy atom. The van der Waals surface area contributed by atoms with Crippen molar-refractivity contribution in [3.8, 4) is 0 Å². The van der Waals surface area contributed by atoms with E-state index in [1.54, 1.807) is 53.3 Å². The molecule has 0 unspecified atom stereocenters. The van der Waals surface area contributed by atoms with Crippen molar-refractivity contribution >= 4 is 33.9 Å². The highest BCUT2D eigenvalue weighted by Gasteiger charge is 2.10. The fraction of sp³-hybridized carbons (Fsp3) is 0.0476. The van der Waals surface area contributed by atoms with Crippen LogP contribution in [0.2, 0.25) is 0 Å². The third-order valence-corrected chi connectivity index (χ3v) is 4.52. The number of carbonyl (C=O) groups excluding carboxylic acids is 1. The number of nitro benzene ring substituents is 1. The zero-order valence-electron chi connectivity index (χ0n) is 15.3. The fourth-order valence-electron chi connectivity index (χ4n) is 3.01. The highest BCUT2D eigenvalue weighted by atomic mass is 16.6. The van der Waals surface area contributed by atoms with Crippen molar-refractivity contribution in [2.45, 2.75) is 6.54 Å². The zero-order valence-corrected chi connectivity index (χ0v) is 15.3. The van der Waals surface area contributed by atoms with Gasteiger partial charge in [-0.25, -0.2) is 0 Å². The average molecular weight is 387 g/mol. The molecule has 0 saturated heterocycles. The number of aromatic nitrogens is 2. The molecule has 3 N–H and O–H groups in total. The monoisotopic (exact) mass is 387 g/mol. The molecule has 0 radical (unpaired) electrons. The van der Waals surface area contributed by atoms with E-state index in [0.717, 1.165) is 5.56 Å². The number of nitro groups is 1. The molecule has 4 rings (SSSR count). The third-order valence-electron chi connectivity index (χ3n) is 4.52. The normalized spacial score (nSPS) is 10.8. The second-order valence-corrected chi connectivity index (χ2v) is 6.57. The first kappa shape index (κ1) is 18.2. The lowest BCUT2D eigenvalue weighted by Crippen LogP contribution is -2.13. The standard InChI is InChI=1S/C21H17N5O3/c22-18-3-1-2-4-20(18)23-21(27)15-7-5-14(6-8-15)12-25-13-16-11-17(26(28)29)9-10-19(16)24-25/h1-11,13H,12,22H2,(H,23,27). The Balaban J connectivity index is 1.48. The molecule has 3 aromatic carbocycles. The summed E-state index contributed by atoms with van der Waals surface area (Å²) in [5.74, 6) is -0.244. The van der Waals surface area contributed by atoms with Gasteiger partial charge in [-0.1, -0.05) is 24.3 Å². The number of nitrogens with one attached hydrogen (secondary N) is 1. The maximum absolute atomic E-state index is 12.4. The highest BCUT2D eigenvalue weighted by Crippen LogP contribution is 2.21. The van der Waals surface area contributed by atoms with Gasteiger partial charge in [-0.05, 0) is 35.9 Å². The molecule has 0 aliphatic rings. The minimum absolute atomic E-state index is 0.0338. The Morgan fingerprint density at radius 1 is 1.10 bits per heavy atom. The second kappa shape index (κ2) is 7.43. The number of rotatable bonds is 5. The van der Waals surface area contributed by atoms with Gasteiger partial charge in [0, 0.05) is 29.3 Å². The fourth-order valence-corrected chi connectivity index (χ4v) is 3.01. The van der Waals surface area contributed by atoms with Crippen LogP contribution in [0.25, 0.3) is 10.9 Å². The number of benzene rings is 3. The topological polar surface area (TPSA) is 116 Å². The van der Waals surface area contributed by atoms with E-state index in [2.05, 4.69) is 10.4 Å². The summed E-state index contributed by atoms with van der Waals surface area (Å²) in [6.45, 7) is 0.482. The third kappa shape index (κ3) is 3.91. The Kier molecular flexibility index (Phi) is 4.66. The SMILES string of the molecule is Nc1ccccc1NC(=O)c1ccc(Cn2cc3cc([N+](=O)[O-])ccc3n2)cc1. The summed E-state index contributed by atoms with van der Waals surface area (Å²) in [5, 5.41) is 18.8. The van der Waals surface area contributed by atoms with Gasteiger partial charge in [-0.15, -0.1) is 0 Å². The van der Waals surface area contributed by atoms with Crippen molar-refractivity contribution in [1.29, 1.82) is 0 Å². The number of carbonyl (C=O) groups is 1. The molecular weight excluding hydrogens is 370 g/mol. The molecule has 8 heteroatoms. The summed E-state index contributed by atoms with van der Waals surface area (Å²) < 4.78 is 1.72.